The Kier molecular flexibility index (Phi) is 8.76. The van der Waals surface area contributed by atoms with Crippen LogP contribution in [0.3, 0.4) is 0 Å². The number of anilines is 2. The summed E-state index contributed by atoms with van der Waals surface area (Å²) in [5.41, 5.74) is 8.72. The lowest BCUT2D eigenvalue weighted by Gasteiger charge is -2.29. The van der Waals surface area contributed by atoms with Gasteiger partial charge in [0.2, 0.25) is 0 Å². The molecule has 0 heterocycles. The van der Waals surface area contributed by atoms with Crippen LogP contribution in [0.1, 0.15) is 46.2 Å². The molecule has 0 aliphatic heterocycles. The number of carbonyl (C=O) groups is 1. The molecule has 0 aromatic heterocycles. The third kappa shape index (κ3) is 6.38. The SMILES string of the molecule is CN(C)c1ccc(/C=C/COOc2cccc3c2C2(CC3)CCc3cccc(OC(=O)/C=C/c4ccc(N(C)C)cc4)c32)cc1. The summed E-state index contributed by atoms with van der Waals surface area (Å²) < 4.78 is 6.04. The fourth-order valence-electron chi connectivity index (χ4n) is 6.65. The van der Waals surface area contributed by atoms with E-state index in [-0.39, 0.29) is 5.41 Å². The number of ether oxygens (including phenoxy) is 1. The van der Waals surface area contributed by atoms with Gasteiger partial charge in [0, 0.05) is 62.2 Å². The predicted molar refractivity (Wildman–Crippen MR) is 182 cm³/mol. The van der Waals surface area contributed by atoms with Crippen LogP contribution >= 0.6 is 0 Å². The van der Waals surface area contributed by atoms with E-state index in [4.69, 9.17) is 14.5 Å². The molecule has 0 fully saturated rings. The number of carbonyl (C=O) groups excluding carboxylic acids is 1. The van der Waals surface area contributed by atoms with E-state index in [1.54, 1.807) is 6.08 Å². The van der Waals surface area contributed by atoms with Crippen LogP contribution in [-0.2, 0) is 27.9 Å². The summed E-state index contributed by atoms with van der Waals surface area (Å²) in [5.74, 6) is 0.953. The first-order valence-corrected chi connectivity index (χ1v) is 15.5. The predicted octanol–water partition coefficient (Wildman–Crippen LogP) is 7.64. The van der Waals surface area contributed by atoms with Gasteiger partial charge in [-0.05, 0) is 90.4 Å². The van der Waals surface area contributed by atoms with Crippen molar-refractivity contribution in [3.05, 3.63) is 130 Å². The van der Waals surface area contributed by atoms with Crippen LogP contribution in [0.25, 0.3) is 12.2 Å². The van der Waals surface area contributed by atoms with Crippen LogP contribution in [0.4, 0.5) is 11.4 Å². The molecule has 0 amide bonds. The van der Waals surface area contributed by atoms with Gasteiger partial charge in [0.25, 0.3) is 0 Å². The highest BCUT2D eigenvalue weighted by atomic mass is 17.2. The van der Waals surface area contributed by atoms with Crippen molar-refractivity contribution in [2.24, 2.45) is 0 Å². The maximum atomic E-state index is 13.1. The molecule has 1 atom stereocenters. The fourth-order valence-corrected chi connectivity index (χ4v) is 6.65. The van der Waals surface area contributed by atoms with Crippen LogP contribution in [0.2, 0.25) is 0 Å². The first-order valence-electron chi connectivity index (χ1n) is 15.5. The highest BCUT2D eigenvalue weighted by Gasteiger charge is 2.48. The molecule has 1 unspecified atom stereocenters. The number of rotatable bonds is 10. The van der Waals surface area contributed by atoms with E-state index >= 15 is 0 Å². The molecule has 0 saturated heterocycles. The molecule has 45 heavy (non-hydrogen) atoms. The summed E-state index contributed by atoms with van der Waals surface area (Å²) in [6.45, 7) is 0.315. The van der Waals surface area contributed by atoms with Gasteiger partial charge in [-0.25, -0.2) is 4.79 Å². The van der Waals surface area contributed by atoms with Gasteiger partial charge in [-0.2, -0.15) is 4.89 Å². The summed E-state index contributed by atoms with van der Waals surface area (Å²) >= 11 is 0. The average molecular weight is 601 g/mol. The Labute approximate surface area is 266 Å². The zero-order valence-corrected chi connectivity index (χ0v) is 26.5. The topological polar surface area (TPSA) is 51.2 Å². The Morgan fingerprint density at radius 2 is 1.24 bits per heavy atom. The van der Waals surface area contributed by atoms with Crippen LogP contribution in [0.5, 0.6) is 11.5 Å². The summed E-state index contributed by atoms with van der Waals surface area (Å²) in [6, 6.07) is 28.6. The molecule has 4 aromatic carbocycles. The van der Waals surface area contributed by atoms with Crippen LogP contribution in [-0.4, -0.2) is 40.8 Å². The minimum atomic E-state index is -0.392. The van der Waals surface area contributed by atoms with E-state index in [9.17, 15) is 4.79 Å². The lowest BCUT2D eigenvalue weighted by molar-refractivity contribution is -0.196. The molecule has 4 aromatic rings. The summed E-state index contributed by atoms with van der Waals surface area (Å²) in [5, 5.41) is 0. The normalized spacial score (nSPS) is 16.7. The van der Waals surface area contributed by atoms with Crippen molar-refractivity contribution in [3.8, 4) is 11.5 Å². The highest BCUT2D eigenvalue weighted by Crippen LogP contribution is 2.57. The van der Waals surface area contributed by atoms with Crippen molar-refractivity contribution in [1.29, 1.82) is 0 Å². The minimum Gasteiger partial charge on any atom is -0.423 e. The second-order valence-corrected chi connectivity index (χ2v) is 12.2. The molecular weight excluding hydrogens is 560 g/mol. The van der Waals surface area contributed by atoms with Gasteiger partial charge in [-0.1, -0.05) is 60.7 Å². The van der Waals surface area contributed by atoms with Crippen molar-refractivity contribution in [1.82, 2.24) is 0 Å². The van der Waals surface area contributed by atoms with Crippen LogP contribution in [0, 0.1) is 0 Å². The lowest BCUT2D eigenvalue weighted by atomic mass is 9.76. The number of aryl methyl sites for hydroxylation is 2. The molecule has 0 saturated carbocycles. The van der Waals surface area contributed by atoms with Crippen molar-refractivity contribution in [2.45, 2.75) is 31.1 Å². The Hall–Kier alpha value is -4.81. The number of benzene rings is 4. The lowest BCUT2D eigenvalue weighted by Crippen LogP contribution is -2.24. The standard InChI is InChI=1S/C39H40N2O4/c1-40(2)32-18-13-28(14-19-32)8-7-27-43-45-35-12-6-10-31-24-26-39(38(31)35)25-23-30-9-5-11-34(37(30)39)44-36(42)22-17-29-15-20-33(21-16-29)41(3)4/h5-22H,23-27H2,1-4H3/b8-7+,22-17+. The van der Waals surface area contributed by atoms with E-state index in [2.05, 4.69) is 41.3 Å². The van der Waals surface area contributed by atoms with Gasteiger partial charge in [0.15, 0.2) is 5.75 Å². The van der Waals surface area contributed by atoms with Gasteiger partial charge in [0.05, 0.1) is 0 Å². The van der Waals surface area contributed by atoms with E-state index in [0.29, 0.717) is 12.4 Å². The summed E-state index contributed by atoms with van der Waals surface area (Å²) in [7, 11) is 8.07. The molecule has 0 bridgehead atoms. The van der Waals surface area contributed by atoms with E-state index in [1.165, 1.54) is 17.2 Å². The number of fused-ring (bicyclic) bond motifs is 4. The van der Waals surface area contributed by atoms with Crippen LogP contribution < -0.4 is 19.4 Å². The van der Waals surface area contributed by atoms with E-state index in [0.717, 1.165) is 65.1 Å². The van der Waals surface area contributed by atoms with Crippen molar-refractivity contribution in [3.63, 3.8) is 0 Å². The molecule has 2 aliphatic carbocycles. The quantitative estimate of drug-likeness (QED) is 0.0466. The highest BCUT2D eigenvalue weighted by molar-refractivity contribution is 5.89. The van der Waals surface area contributed by atoms with Gasteiger partial charge >= 0.3 is 5.97 Å². The molecule has 2 aliphatic rings. The molecule has 6 heteroatoms. The van der Waals surface area contributed by atoms with Crippen molar-refractivity contribution in [2.75, 3.05) is 44.6 Å². The fraction of sp³-hybridized carbons (Fsp3) is 0.256. The first kappa shape index (κ1) is 30.2. The Morgan fingerprint density at radius 3 is 1.82 bits per heavy atom. The Balaban J connectivity index is 1.18. The maximum Gasteiger partial charge on any atom is 0.336 e. The smallest absolute Gasteiger partial charge is 0.336 e. The number of hydrogen-bond acceptors (Lipinski definition) is 6. The van der Waals surface area contributed by atoms with E-state index < -0.39 is 5.97 Å². The monoisotopic (exact) mass is 600 g/mol. The third-order valence-electron chi connectivity index (χ3n) is 8.89. The molecule has 0 N–H and O–H groups in total. The van der Waals surface area contributed by atoms with E-state index in [1.807, 2.05) is 93.8 Å². The molecule has 230 valence electrons. The summed E-state index contributed by atoms with van der Waals surface area (Å²) in [4.78, 5) is 28.9. The second kappa shape index (κ2) is 13.0. The number of esters is 1. The second-order valence-electron chi connectivity index (χ2n) is 12.2. The number of nitrogens with zero attached hydrogens (tertiary/aromatic N) is 2. The molecule has 1 spiro atoms. The Morgan fingerprint density at radius 1 is 0.711 bits per heavy atom. The van der Waals surface area contributed by atoms with Gasteiger partial charge in [-0.15, -0.1) is 0 Å². The Bertz CT molecular complexity index is 1720. The van der Waals surface area contributed by atoms with Crippen molar-refractivity contribution >= 4 is 29.5 Å². The van der Waals surface area contributed by atoms with Gasteiger partial charge < -0.3 is 19.4 Å². The number of hydrogen-bond donors (Lipinski definition) is 0. The largest absolute Gasteiger partial charge is 0.423 e. The zero-order valence-electron chi connectivity index (χ0n) is 26.5. The zero-order chi connectivity index (χ0) is 31.4. The van der Waals surface area contributed by atoms with Gasteiger partial charge in [-0.3, -0.25) is 0 Å². The van der Waals surface area contributed by atoms with Gasteiger partial charge in [0.1, 0.15) is 12.4 Å². The molecule has 6 nitrogen and oxygen atoms in total. The van der Waals surface area contributed by atoms with Crippen LogP contribution in [0.15, 0.2) is 97.1 Å². The average Bonchev–Trinajstić information content (AvgIpc) is 3.62. The third-order valence-corrected chi connectivity index (χ3v) is 8.89. The maximum absolute atomic E-state index is 13.1. The molecular formula is C39H40N2O4. The molecule has 0 radical (unpaired) electrons. The van der Waals surface area contributed by atoms with Crippen molar-refractivity contribution < 1.29 is 19.3 Å². The summed E-state index contributed by atoms with van der Waals surface area (Å²) in [6.07, 6.45) is 11.0. The minimum absolute atomic E-state index is 0.294. The molecule has 6 rings (SSSR count). The first-order chi connectivity index (χ1) is 21.8.